The highest BCUT2D eigenvalue weighted by Gasteiger charge is 2.66. The topological polar surface area (TPSA) is 49.9 Å². The summed E-state index contributed by atoms with van der Waals surface area (Å²) in [6.07, 6.45) is -0.433. The van der Waals surface area contributed by atoms with E-state index in [4.69, 9.17) is 16.3 Å². The highest BCUT2D eigenvalue weighted by molar-refractivity contribution is 6.30. The number of β-lactam (4-membered cyclic amide) rings is 1. The van der Waals surface area contributed by atoms with Crippen LogP contribution in [0.1, 0.15) is 33.9 Å². The van der Waals surface area contributed by atoms with Crippen molar-refractivity contribution >= 4 is 34.8 Å². The van der Waals surface area contributed by atoms with Gasteiger partial charge in [0.1, 0.15) is 11.3 Å². The van der Waals surface area contributed by atoms with Gasteiger partial charge >= 0.3 is 0 Å². The fourth-order valence-corrected chi connectivity index (χ4v) is 6.57. The van der Waals surface area contributed by atoms with Gasteiger partial charge in [-0.1, -0.05) is 103 Å². The Kier molecular flexibility index (Phi) is 6.52. The third kappa shape index (κ3) is 4.16. The molecule has 0 aliphatic carbocycles. The number of carbonyl (C=O) groups excluding carboxylic acids is 2. The van der Waals surface area contributed by atoms with Crippen molar-refractivity contribution in [1.29, 1.82) is 0 Å². The van der Waals surface area contributed by atoms with Gasteiger partial charge in [0.05, 0.1) is 17.4 Å². The highest BCUT2D eigenvalue weighted by atomic mass is 35.5. The van der Waals surface area contributed by atoms with Crippen molar-refractivity contribution in [3.8, 4) is 5.75 Å². The lowest BCUT2D eigenvalue weighted by Crippen LogP contribution is -2.74. The number of benzene rings is 5. The molecule has 3 atom stereocenters. The molecule has 0 bridgehead atoms. The van der Waals surface area contributed by atoms with Gasteiger partial charge in [0, 0.05) is 17.0 Å². The van der Waals surface area contributed by atoms with Crippen molar-refractivity contribution in [3.05, 3.63) is 161 Å². The van der Waals surface area contributed by atoms with Gasteiger partial charge < -0.3 is 4.74 Å². The van der Waals surface area contributed by atoms with Gasteiger partial charge in [-0.15, -0.1) is 0 Å². The summed E-state index contributed by atoms with van der Waals surface area (Å²) < 4.78 is 6.53. The molecule has 2 heterocycles. The molecule has 42 heavy (non-hydrogen) atoms. The van der Waals surface area contributed by atoms with Crippen LogP contribution in [0.15, 0.2) is 140 Å². The first-order chi connectivity index (χ1) is 20.6. The molecule has 2 aliphatic rings. The van der Waals surface area contributed by atoms with E-state index in [1.807, 2.05) is 149 Å². The molecule has 206 valence electrons. The molecule has 5 aromatic rings. The maximum absolute atomic E-state index is 14.5. The summed E-state index contributed by atoms with van der Waals surface area (Å²) in [5.41, 5.74) is 2.76. The number of nitrogens with zero attached hydrogens (tertiary/aromatic N) is 2. The molecule has 2 aliphatic heterocycles. The second-order valence-corrected chi connectivity index (χ2v) is 11.0. The monoisotopic (exact) mass is 570 g/mol. The van der Waals surface area contributed by atoms with Crippen LogP contribution in [0.5, 0.6) is 5.75 Å². The lowest BCUT2D eigenvalue weighted by Gasteiger charge is -2.56. The van der Waals surface area contributed by atoms with Gasteiger partial charge in [0.2, 0.25) is 6.10 Å². The zero-order valence-corrected chi connectivity index (χ0v) is 23.4. The number of hydrogen-bond donors (Lipinski definition) is 0. The van der Waals surface area contributed by atoms with Crippen LogP contribution in [-0.2, 0) is 10.3 Å². The fourth-order valence-electron chi connectivity index (χ4n) is 6.37. The van der Waals surface area contributed by atoms with E-state index in [0.29, 0.717) is 34.1 Å². The lowest BCUT2D eigenvalue weighted by molar-refractivity contribution is -0.142. The Balaban J connectivity index is 1.49. The number of amides is 2. The number of para-hydroxylation sites is 3. The first kappa shape index (κ1) is 26.1. The van der Waals surface area contributed by atoms with Crippen molar-refractivity contribution in [3.63, 3.8) is 0 Å². The van der Waals surface area contributed by atoms with Crippen molar-refractivity contribution in [2.24, 2.45) is 0 Å². The number of carbonyl (C=O) groups is 2. The Morgan fingerprint density at radius 3 is 2.05 bits per heavy atom. The minimum absolute atomic E-state index is 0.158. The number of fused-ring (bicyclic) bond motifs is 3. The van der Waals surface area contributed by atoms with Crippen molar-refractivity contribution < 1.29 is 14.3 Å². The molecule has 1 saturated heterocycles. The van der Waals surface area contributed by atoms with Crippen LogP contribution in [0.2, 0.25) is 5.02 Å². The maximum Gasteiger partial charge on any atom is 0.271 e. The second kappa shape index (κ2) is 10.5. The molecule has 0 N–H and O–H groups in total. The number of anilines is 2. The minimum Gasteiger partial charge on any atom is -0.478 e. The summed E-state index contributed by atoms with van der Waals surface area (Å²) in [5, 5.41) is 0.574. The summed E-state index contributed by atoms with van der Waals surface area (Å²) >= 11 is 6.55. The van der Waals surface area contributed by atoms with Gasteiger partial charge in [-0.2, -0.15) is 0 Å². The fraction of sp³-hybridized carbons (Fsp3) is 0.111. The first-order valence-electron chi connectivity index (χ1n) is 13.9. The van der Waals surface area contributed by atoms with E-state index < -0.39 is 17.7 Å². The van der Waals surface area contributed by atoms with Gasteiger partial charge in [-0.05, 0) is 59.7 Å². The van der Waals surface area contributed by atoms with Crippen LogP contribution in [0.3, 0.4) is 0 Å². The zero-order chi connectivity index (χ0) is 28.7. The predicted octanol–water partition coefficient (Wildman–Crippen LogP) is 7.82. The molecule has 2 amide bonds. The van der Waals surface area contributed by atoms with Gasteiger partial charge in [-0.3, -0.25) is 19.4 Å². The van der Waals surface area contributed by atoms with Crippen molar-refractivity contribution in [1.82, 2.24) is 0 Å². The van der Waals surface area contributed by atoms with Crippen LogP contribution in [0.25, 0.3) is 0 Å². The van der Waals surface area contributed by atoms with E-state index in [1.165, 1.54) is 0 Å². The van der Waals surface area contributed by atoms with Gasteiger partial charge in [0.15, 0.2) is 0 Å². The number of hydrogen-bond acceptors (Lipinski definition) is 3. The van der Waals surface area contributed by atoms with Crippen LogP contribution in [-0.4, -0.2) is 17.9 Å². The summed E-state index contributed by atoms with van der Waals surface area (Å²) in [5.74, 6) is 0.292. The number of ether oxygens (including phenoxy) is 1. The minimum atomic E-state index is -0.914. The second-order valence-electron chi connectivity index (χ2n) is 10.6. The molecule has 0 unspecified atom stereocenters. The number of rotatable bonds is 5. The van der Waals surface area contributed by atoms with Gasteiger partial charge in [0.25, 0.3) is 11.8 Å². The van der Waals surface area contributed by atoms with E-state index in [9.17, 15) is 9.59 Å². The SMILES string of the molecule is O=C(c1ccccc1)N1c2ccccc2N2C(=O)[C@H](Oc3ccccc3)[C@@]2(c2ccccc2)C[C@H]1c1cccc(Cl)c1. The van der Waals surface area contributed by atoms with E-state index in [0.717, 1.165) is 11.1 Å². The Labute approximate surface area is 249 Å². The maximum atomic E-state index is 14.5. The smallest absolute Gasteiger partial charge is 0.271 e. The molecule has 0 aromatic heterocycles. The van der Waals surface area contributed by atoms with E-state index in [2.05, 4.69) is 0 Å². The molecule has 5 aromatic carbocycles. The van der Waals surface area contributed by atoms with E-state index in [1.54, 1.807) is 0 Å². The Morgan fingerprint density at radius 2 is 1.36 bits per heavy atom. The van der Waals surface area contributed by atoms with Crippen molar-refractivity contribution in [2.75, 3.05) is 9.80 Å². The Hall–Kier alpha value is -4.87. The third-order valence-electron chi connectivity index (χ3n) is 8.22. The molecule has 7 rings (SSSR count). The molecular weight excluding hydrogens is 544 g/mol. The predicted molar refractivity (Wildman–Crippen MR) is 165 cm³/mol. The summed E-state index contributed by atoms with van der Waals surface area (Å²) in [6, 6.07) is 43.4. The van der Waals surface area contributed by atoms with Gasteiger partial charge in [-0.25, -0.2) is 0 Å². The average Bonchev–Trinajstić information content (AvgIpc) is 3.16. The van der Waals surface area contributed by atoms with E-state index in [-0.39, 0.29) is 11.8 Å². The molecule has 0 saturated carbocycles. The zero-order valence-electron chi connectivity index (χ0n) is 22.6. The highest BCUT2D eigenvalue weighted by Crippen LogP contribution is 2.57. The van der Waals surface area contributed by atoms with Crippen LogP contribution in [0.4, 0.5) is 11.4 Å². The summed E-state index contributed by atoms with van der Waals surface area (Å²) in [4.78, 5) is 32.3. The standard InChI is InChI=1S/C36H27ClN2O3/c37-28-18-12-15-26(23-28)32-24-36(27-16-6-2-7-17-27)33(42-29-19-8-3-9-20-29)35(41)39(36)31-22-11-10-21-30(31)38(32)34(40)25-13-4-1-5-14-25/h1-23,32-33H,24H2/t32-,33-,36-/m0/s1. The molecule has 1 fully saturated rings. The third-order valence-corrected chi connectivity index (χ3v) is 8.45. The molecule has 5 nitrogen and oxygen atoms in total. The molecule has 0 spiro atoms. The normalized spacial score (nSPS) is 21.0. The molecule has 6 heteroatoms. The van der Waals surface area contributed by atoms with E-state index >= 15 is 0 Å². The van der Waals surface area contributed by atoms with Crippen LogP contribution in [0, 0.1) is 0 Å². The Bertz CT molecular complexity index is 1760. The summed E-state index contributed by atoms with van der Waals surface area (Å²) in [6.45, 7) is 0. The number of halogens is 1. The summed E-state index contributed by atoms with van der Waals surface area (Å²) in [7, 11) is 0. The van der Waals surface area contributed by atoms with Crippen LogP contribution >= 0.6 is 11.6 Å². The Morgan fingerprint density at radius 1 is 0.738 bits per heavy atom. The van der Waals surface area contributed by atoms with Crippen LogP contribution < -0.4 is 14.5 Å². The quantitative estimate of drug-likeness (QED) is 0.202. The van der Waals surface area contributed by atoms with Crippen molar-refractivity contribution in [2.45, 2.75) is 24.1 Å². The lowest BCUT2D eigenvalue weighted by atomic mass is 9.70. The average molecular weight is 571 g/mol. The first-order valence-corrected chi connectivity index (χ1v) is 14.3. The molecule has 0 radical (unpaired) electrons. The largest absolute Gasteiger partial charge is 0.478 e. The molecular formula is C36H27ClN2O3.